The van der Waals surface area contributed by atoms with E-state index >= 15 is 0 Å². The lowest BCUT2D eigenvalue weighted by atomic mass is 10.2. The fourth-order valence-electron chi connectivity index (χ4n) is 1.65. The summed E-state index contributed by atoms with van der Waals surface area (Å²) in [7, 11) is 1.85. The molecule has 0 aliphatic rings. The normalized spacial score (nSPS) is 10.8. The van der Waals surface area contributed by atoms with Gasteiger partial charge in [-0.25, -0.2) is 8.78 Å². The third kappa shape index (κ3) is 2.89. The average Bonchev–Trinajstić information content (AvgIpc) is 2.73. The van der Waals surface area contributed by atoms with Gasteiger partial charge in [-0.05, 0) is 12.1 Å². The molecule has 0 atom stereocenters. The van der Waals surface area contributed by atoms with E-state index in [1.807, 2.05) is 11.6 Å². The number of hydrogen-bond donors (Lipinski definition) is 1. The van der Waals surface area contributed by atoms with Crippen LogP contribution in [0, 0.1) is 11.6 Å². The number of aryl methyl sites for hydroxylation is 1. The molecule has 0 aliphatic carbocycles. The van der Waals surface area contributed by atoms with E-state index in [9.17, 15) is 8.78 Å². The largest absolute Gasteiger partial charge is 0.321 e. The third-order valence-electron chi connectivity index (χ3n) is 2.69. The topological polar surface area (TPSA) is 42.7 Å². The number of hydrogen-bond acceptors (Lipinski definition) is 3. The summed E-state index contributed by atoms with van der Waals surface area (Å²) in [5.74, 6) is -0.223. The second kappa shape index (κ2) is 5.68. The van der Waals surface area contributed by atoms with Crippen LogP contribution in [0.5, 0.6) is 0 Å². The van der Waals surface area contributed by atoms with Gasteiger partial charge >= 0.3 is 0 Å². The van der Waals surface area contributed by atoms with Crippen molar-refractivity contribution in [3.63, 3.8) is 0 Å². The number of benzene rings is 1. The van der Waals surface area contributed by atoms with Crippen LogP contribution in [0.1, 0.15) is 11.4 Å². The Kier molecular flexibility index (Phi) is 3.99. The summed E-state index contributed by atoms with van der Waals surface area (Å²) in [6.45, 7) is 0.747. The van der Waals surface area contributed by atoms with Crippen LogP contribution in [0.3, 0.4) is 0 Å². The van der Waals surface area contributed by atoms with Crippen molar-refractivity contribution in [2.45, 2.75) is 13.0 Å². The Morgan fingerprint density at radius 3 is 2.61 bits per heavy atom. The molecule has 4 nitrogen and oxygen atoms in total. The number of aromatic nitrogens is 3. The van der Waals surface area contributed by atoms with E-state index in [4.69, 9.17) is 0 Å². The Bertz CT molecular complexity index is 504. The predicted molar refractivity (Wildman–Crippen MR) is 62.8 cm³/mol. The van der Waals surface area contributed by atoms with Crippen LogP contribution in [-0.4, -0.2) is 21.3 Å². The first-order chi connectivity index (χ1) is 8.68. The first kappa shape index (κ1) is 12.6. The van der Waals surface area contributed by atoms with Crippen LogP contribution in [0.25, 0.3) is 0 Å². The van der Waals surface area contributed by atoms with E-state index in [2.05, 4.69) is 15.5 Å². The maximum atomic E-state index is 13.3. The molecule has 0 fully saturated rings. The summed E-state index contributed by atoms with van der Waals surface area (Å²) in [5.41, 5.74) is 0.0652. The molecule has 2 aromatic rings. The van der Waals surface area contributed by atoms with Crippen LogP contribution in [-0.2, 0) is 20.0 Å². The summed E-state index contributed by atoms with van der Waals surface area (Å²) < 4.78 is 28.4. The second-order valence-corrected chi connectivity index (χ2v) is 3.99. The molecular formula is C12H14F2N4. The molecule has 0 amide bonds. The minimum absolute atomic E-state index is 0.0652. The molecule has 1 N–H and O–H groups in total. The van der Waals surface area contributed by atoms with Crippen LogP contribution in [0.15, 0.2) is 24.5 Å². The first-order valence-electron chi connectivity index (χ1n) is 5.65. The summed E-state index contributed by atoms with van der Waals surface area (Å²) >= 11 is 0. The van der Waals surface area contributed by atoms with Gasteiger partial charge in [0.2, 0.25) is 0 Å². The quantitative estimate of drug-likeness (QED) is 0.818. The van der Waals surface area contributed by atoms with Crippen LogP contribution >= 0.6 is 0 Å². The van der Waals surface area contributed by atoms with Gasteiger partial charge in [0.15, 0.2) is 0 Å². The highest BCUT2D eigenvalue weighted by Crippen LogP contribution is 2.11. The van der Waals surface area contributed by atoms with Crippen molar-refractivity contribution in [2.75, 3.05) is 6.54 Å². The molecule has 0 saturated heterocycles. The van der Waals surface area contributed by atoms with E-state index in [-0.39, 0.29) is 12.1 Å². The molecule has 2 rings (SSSR count). The zero-order chi connectivity index (χ0) is 13.0. The monoisotopic (exact) mass is 252 g/mol. The maximum Gasteiger partial charge on any atom is 0.133 e. The van der Waals surface area contributed by atoms with Gasteiger partial charge in [0, 0.05) is 32.1 Å². The van der Waals surface area contributed by atoms with Crippen molar-refractivity contribution in [3.8, 4) is 0 Å². The van der Waals surface area contributed by atoms with Gasteiger partial charge in [0.1, 0.15) is 23.8 Å². The molecule has 0 radical (unpaired) electrons. The standard InChI is InChI=1S/C12H14F2N4/c1-18-8-16-17-12(18)5-6-15-7-9-10(13)3-2-4-11(9)14/h2-4,8,15H,5-7H2,1H3. The fraction of sp³-hybridized carbons (Fsp3) is 0.333. The molecule has 96 valence electrons. The van der Waals surface area contributed by atoms with Crippen molar-refractivity contribution in [1.29, 1.82) is 0 Å². The van der Waals surface area contributed by atoms with Gasteiger partial charge in [-0.2, -0.15) is 0 Å². The second-order valence-electron chi connectivity index (χ2n) is 3.99. The van der Waals surface area contributed by atoms with E-state index in [1.54, 1.807) is 6.33 Å². The lowest BCUT2D eigenvalue weighted by Crippen LogP contribution is -2.19. The zero-order valence-electron chi connectivity index (χ0n) is 10.0. The smallest absolute Gasteiger partial charge is 0.133 e. The Labute approximate surface area is 104 Å². The summed E-state index contributed by atoms with van der Waals surface area (Å²) in [5, 5.41) is 10.7. The summed E-state index contributed by atoms with van der Waals surface area (Å²) in [6.07, 6.45) is 2.28. The zero-order valence-corrected chi connectivity index (χ0v) is 10.0. The molecular weight excluding hydrogens is 238 g/mol. The lowest BCUT2D eigenvalue weighted by Gasteiger charge is -2.06. The average molecular weight is 252 g/mol. The van der Waals surface area contributed by atoms with Crippen molar-refractivity contribution in [1.82, 2.24) is 20.1 Å². The Hall–Kier alpha value is -1.82. The minimum atomic E-state index is -0.527. The van der Waals surface area contributed by atoms with Gasteiger partial charge in [0.25, 0.3) is 0 Å². The fourth-order valence-corrected chi connectivity index (χ4v) is 1.65. The Morgan fingerprint density at radius 1 is 1.28 bits per heavy atom. The minimum Gasteiger partial charge on any atom is -0.321 e. The Balaban J connectivity index is 1.84. The van der Waals surface area contributed by atoms with E-state index in [0.717, 1.165) is 5.82 Å². The van der Waals surface area contributed by atoms with Crippen molar-refractivity contribution in [2.24, 2.45) is 7.05 Å². The molecule has 6 heteroatoms. The highest BCUT2D eigenvalue weighted by atomic mass is 19.1. The first-order valence-corrected chi connectivity index (χ1v) is 5.65. The molecule has 18 heavy (non-hydrogen) atoms. The predicted octanol–water partition coefficient (Wildman–Crippen LogP) is 1.43. The highest BCUT2D eigenvalue weighted by molar-refractivity contribution is 5.19. The lowest BCUT2D eigenvalue weighted by molar-refractivity contribution is 0.534. The molecule has 0 bridgehead atoms. The van der Waals surface area contributed by atoms with E-state index in [0.29, 0.717) is 13.0 Å². The Morgan fingerprint density at radius 2 is 2.00 bits per heavy atom. The van der Waals surface area contributed by atoms with Gasteiger partial charge < -0.3 is 9.88 Å². The highest BCUT2D eigenvalue weighted by Gasteiger charge is 2.07. The number of rotatable bonds is 5. The molecule has 0 unspecified atom stereocenters. The number of nitrogens with zero attached hydrogens (tertiary/aromatic N) is 3. The third-order valence-corrected chi connectivity index (χ3v) is 2.69. The van der Waals surface area contributed by atoms with Crippen molar-refractivity contribution in [3.05, 3.63) is 47.5 Å². The molecule has 1 heterocycles. The molecule has 0 saturated carbocycles. The summed E-state index contributed by atoms with van der Waals surface area (Å²) in [6, 6.07) is 3.86. The number of halogens is 2. The van der Waals surface area contributed by atoms with Crippen LogP contribution in [0.4, 0.5) is 8.78 Å². The van der Waals surface area contributed by atoms with Crippen molar-refractivity contribution < 1.29 is 8.78 Å². The number of nitrogens with one attached hydrogen (secondary N) is 1. The molecule has 1 aromatic carbocycles. The summed E-state index contributed by atoms with van der Waals surface area (Å²) in [4.78, 5) is 0. The van der Waals surface area contributed by atoms with E-state index in [1.165, 1.54) is 18.2 Å². The van der Waals surface area contributed by atoms with Crippen molar-refractivity contribution >= 4 is 0 Å². The van der Waals surface area contributed by atoms with Crippen LogP contribution < -0.4 is 5.32 Å². The molecule has 0 spiro atoms. The van der Waals surface area contributed by atoms with Gasteiger partial charge in [-0.15, -0.1) is 10.2 Å². The van der Waals surface area contributed by atoms with Gasteiger partial charge in [0.05, 0.1) is 0 Å². The molecule has 0 aliphatic heterocycles. The van der Waals surface area contributed by atoms with E-state index < -0.39 is 11.6 Å². The van der Waals surface area contributed by atoms with Crippen LogP contribution in [0.2, 0.25) is 0 Å². The maximum absolute atomic E-state index is 13.3. The van der Waals surface area contributed by atoms with Gasteiger partial charge in [-0.1, -0.05) is 6.07 Å². The SMILES string of the molecule is Cn1cnnc1CCNCc1c(F)cccc1F. The molecule has 1 aromatic heterocycles. The van der Waals surface area contributed by atoms with Gasteiger partial charge in [-0.3, -0.25) is 0 Å².